The number of ether oxygens (including phenoxy) is 2. The van der Waals surface area contributed by atoms with E-state index in [0.29, 0.717) is 35.7 Å². The summed E-state index contributed by atoms with van der Waals surface area (Å²) in [7, 11) is -3.96. The highest BCUT2D eigenvalue weighted by Crippen LogP contribution is 2.41. The molecule has 2 atom stereocenters. The molecular formula is C23H27ClN2O5S. The third kappa shape index (κ3) is 5.19. The molecule has 2 aromatic carbocycles. The van der Waals surface area contributed by atoms with Crippen LogP contribution in [0.5, 0.6) is 11.5 Å². The molecule has 1 saturated carbocycles. The molecule has 32 heavy (non-hydrogen) atoms. The van der Waals surface area contributed by atoms with E-state index >= 15 is 0 Å². The number of fused-ring (bicyclic) bond motifs is 1. The maximum Gasteiger partial charge on any atom is 0.241 e. The molecule has 0 bridgehead atoms. The lowest BCUT2D eigenvalue weighted by Crippen LogP contribution is -2.50. The first-order chi connectivity index (χ1) is 15.2. The van der Waals surface area contributed by atoms with Gasteiger partial charge in [-0.3, -0.25) is 4.79 Å². The summed E-state index contributed by atoms with van der Waals surface area (Å²) in [4.78, 5) is 13.2. The van der Waals surface area contributed by atoms with Gasteiger partial charge in [0.2, 0.25) is 15.9 Å². The fourth-order valence-corrected chi connectivity index (χ4v) is 5.22. The van der Waals surface area contributed by atoms with Gasteiger partial charge in [-0.1, -0.05) is 37.6 Å². The Morgan fingerprint density at radius 3 is 2.31 bits per heavy atom. The van der Waals surface area contributed by atoms with E-state index in [2.05, 4.69) is 10.0 Å². The van der Waals surface area contributed by atoms with Crippen LogP contribution in [0.25, 0.3) is 0 Å². The third-order valence-corrected chi connectivity index (χ3v) is 7.37. The molecule has 0 spiro atoms. The molecule has 2 N–H and O–H groups in total. The summed E-state index contributed by atoms with van der Waals surface area (Å²) in [5.74, 6) is 0.604. The van der Waals surface area contributed by atoms with Gasteiger partial charge in [0.05, 0.1) is 10.9 Å². The minimum Gasteiger partial charge on any atom is -0.486 e. The number of halogens is 1. The van der Waals surface area contributed by atoms with Crippen molar-refractivity contribution in [3.63, 3.8) is 0 Å². The Morgan fingerprint density at radius 2 is 1.69 bits per heavy atom. The first-order valence-electron chi connectivity index (χ1n) is 10.7. The highest BCUT2D eigenvalue weighted by molar-refractivity contribution is 7.89. The Morgan fingerprint density at radius 1 is 1.03 bits per heavy atom. The summed E-state index contributed by atoms with van der Waals surface area (Å²) in [6.07, 6.45) is 2.03. The van der Waals surface area contributed by atoms with Crippen LogP contribution >= 0.6 is 11.6 Å². The zero-order chi connectivity index (χ0) is 22.9. The van der Waals surface area contributed by atoms with Crippen LogP contribution in [0.4, 0.5) is 0 Å². The molecule has 2 aromatic rings. The Bertz CT molecular complexity index is 1080. The minimum atomic E-state index is -3.96. The monoisotopic (exact) mass is 478 g/mol. The number of amides is 1. The van der Waals surface area contributed by atoms with Crippen LogP contribution < -0.4 is 19.5 Å². The summed E-state index contributed by atoms with van der Waals surface area (Å²) < 4.78 is 39.7. The van der Waals surface area contributed by atoms with Crippen LogP contribution in [0.2, 0.25) is 5.02 Å². The number of hydrogen-bond donors (Lipinski definition) is 2. The Labute approximate surface area is 193 Å². The Kier molecular flexibility index (Phi) is 6.65. The first kappa shape index (κ1) is 22.9. The molecule has 9 heteroatoms. The molecule has 0 aromatic heterocycles. The van der Waals surface area contributed by atoms with E-state index in [4.69, 9.17) is 21.1 Å². The van der Waals surface area contributed by atoms with Crippen molar-refractivity contribution in [2.24, 2.45) is 11.8 Å². The topological polar surface area (TPSA) is 93.7 Å². The number of hydrogen-bond acceptors (Lipinski definition) is 5. The van der Waals surface area contributed by atoms with Crippen molar-refractivity contribution in [3.8, 4) is 11.5 Å². The van der Waals surface area contributed by atoms with Crippen LogP contribution in [0.1, 0.15) is 38.3 Å². The van der Waals surface area contributed by atoms with Crippen molar-refractivity contribution in [1.82, 2.24) is 10.0 Å². The van der Waals surface area contributed by atoms with E-state index in [9.17, 15) is 13.2 Å². The molecule has 2 aliphatic rings. The molecule has 0 radical (unpaired) electrons. The van der Waals surface area contributed by atoms with E-state index in [1.807, 2.05) is 26.0 Å². The number of nitrogens with one attached hydrogen (secondary N) is 2. The molecule has 0 saturated heterocycles. The fraction of sp³-hybridized carbons (Fsp3) is 0.435. The molecule has 0 unspecified atom stereocenters. The number of benzene rings is 2. The number of sulfonamides is 1. The summed E-state index contributed by atoms with van der Waals surface area (Å²) >= 11 is 6.00. The second-order valence-electron chi connectivity index (χ2n) is 8.52. The zero-order valence-corrected chi connectivity index (χ0v) is 19.6. The van der Waals surface area contributed by atoms with Crippen LogP contribution in [0, 0.1) is 11.8 Å². The van der Waals surface area contributed by atoms with Crippen molar-refractivity contribution in [2.45, 2.75) is 43.7 Å². The van der Waals surface area contributed by atoms with E-state index in [-0.39, 0.29) is 22.8 Å². The summed E-state index contributed by atoms with van der Waals surface area (Å²) in [5.41, 5.74) is 0.961. The minimum absolute atomic E-state index is 0.0247. The lowest BCUT2D eigenvalue weighted by Gasteiger charge is -2.26. The molecule has 7 nitrogen and oxygen atoms in total. The van der Waals surface area contributed by atoms with Crippen LogP contribution in [-0.4, -0.2) is 33.6 Å². The van der Waals surface area contributed by atoms with Gasteiger partial charge in [0.25, 0.3) is 0 Å². The average Bonchev–Trinajstić information content (AvgIpc) is 3.61. The summed E-state index contributed by atoms with van der Waals surface area (Å²) in [6, 6.07) is 10.7. The molecule has 1 heterocycles. The van der Waals surface area contributed by atoms with Gasteiger partial charge >= 0.3 is 0 Å². The molecule has 1 aliphatic heterocycles. The second kappa shape index (κ2) is 9.29. The van der Waals surface area contributed by atoms with Crippen molar-refractivity contribution in [2.75, 3.05) is 13.2 Å². The number of rotatable bonds is 8. The van der Waals surface area contributed by atoms with Gasteiger partial charge in [-0.25, -0.2) is 8.42 Å². The Hall–Kier alpha value is -2.29. The molecule has 1 aliphatic carbocycles. The van der Waals surface area contributed by atoms with Crippen molar-refractivity contribution < 1.29 is 22.7 Å². The highest BCUT2D eigenvalue weighted by Gasteiger charge is 2.36. The van der Waals surface area contributed by atoms with Crippen LogP contribution in [0.3, 0.4) is 0 Å². The predicted molar refractivity (Wildman–Crippen MR) is 121 cm³/mol. The maximum atomic E-state index is 13.2. The van der Waals surface area contributed by atoms with Gasteiger partial charge in [-0.2, -0.15) is 4.72 Å². The molecule has 1 amide bonds. The molecule has 4 rings (SSSR count). The quantitative estimate of drug-likeness (QED) is 0.603. The molecule has 1 fully saturated rings. The van der Waals surface area contributed by atoms with E-state index in [1.54, 1.807) is 18.2 Å². The maximum absolute atomic E-state index is 13.2. The molecule has 172 valence electrons. The van der Waals surface area contributed by atoms with Crippen molar-refractivity contribution >= 4 is 27.5 Å². The van der Waals surface area contributed by atoms with Crippen LogP contribution in [-0.2, 0) is 14.8 Å². The zero-order valence-electron chi connectivity index (χ0n) is 18.0. The predicted octanol–water partition coefficient (Wildman–Crippen LogP) is 3.68. The second-order valence-corrected chi connectivity index (χ2v) is 10.7. The van der Waals surface area contributed by atoms with Crippen molar-refractivity contribution in [3.05, 3.63) is 53.1 Å². The summed E-state index contributed by atoms with van der Waals surface area (Å²) in [5, 5.41) is 3.69. The van der Waals surface area contributed by atoms with Gasteiger partial charge < -0.3 is 14.8 Å². The van der Waals surface area contributed by atoms with Gasteiger partial charge in [-0.15, -0.1) is 0 Å². The fourth-order valence-electron chi connectivity index (χ4n) is 3.73. The van der Waals surface area contributed by atoms with Gasteiger partial charge in [-0.05, 0) is 54.5 Å². The standard InChI is InChI=1S/C23H27ClN2O5S/c1-14(2)21(23(27)25-22(15-3-4-15)16-5-7-17(24)8-6-16)26-32(28,29)18-9-10-19-20(13-18)31-12-11-30-19/h5-10,13-15,21-22,26H,3-4,11-12H2,1-2H3,(H,25,27)/t21-,22-/m1/s1. The van der Waals surface area contributed by atoms with Crippen LogP contribution in [0.15, 0.2) is 47.4 Å². The first-order valence-corrected chi connectivity index (χ1v) is 12.6. The summed E-state index contributed by atoms with van der Waals surface area (Å²) in [6.45, 7) is 4.40. The Balaban J connectivity index is 1.52. The van der Waals surface area contributed by atoms with Gasteiger partial charge in [0.1, 0.15) is 19.3 Å². The number of carbonyl (C=O) groups is 1. The molecular weight excluding hydrogens is 452 g/mol. The normalized spacial score (nSPS) is 17.6. The third-order valence-electron chi connectivity index (χ3n) is 5.68. The number of carbonyl (C=O) groups excluding carboxylic acids is 1. The van der Waals surface area contributed by atoms with E-state index < -0.39 is 16.1 Å². The van der Waals surface area contributed by atoms with E-state index in [1.165, 1.54) is 12.1 Å². The SMILES string of the molecule is CC(C)[C@@H](NS(=O)(=O)c1ccc2c(c1)OCCO2)C(=O)N[C@@H](c1ccc(Cl)cc1)C1CC1. The smallest absolute Gasteiger partial charge is 0.241 e. The van der Waals surface area contributed by atoms with E-state index in [0.717, 1.165) is 18.4 Å². The highest BCUT2D eigenvalue weighted by atomic mass is 35.5. The van der Waals surface area contributed by atoms with Crippen molar-refractivity contribution in [1.29, 1.82) is 0 Å². The van der Waals surface area contributed by atoms with Gasteiger partial charge in [0, 0.05) is 11.1 Å². The van der Waals surface area contributed by atoms with Gasteiger partial charge in [0.15, 0.2) is 11.5 Å². The largest absolute Gasteiger partial charge is 0.486 e. The average molecular weight is 479 g/mol. The lowest BCUT2D eigenvalue weighted by atomic mass is 10.00. The lowest BCUT2D eigenvalue weighted by molar-refractivity contribution is -0.124.